The Kier molecular flexibility index (Phi) is 4.46. The summed E-state index contributed by atoms with van der Waals surface area (Å²) < 4.78 is 4.95. The predicted octanol–water partition coefficient (Wildman–Crippen LogP) is 3.83. The molecule has 0 spiro atoms. The maximum Gasteiger partial charge on any atom is 0.260 e. The lowest BCUT2D eigenvalue weighted by atomic mass is 10.00. The zero-order valence-corrected chi connectivity index (χ0v) is 14.9. The molecule has 0 radical (unpaired) electrons. The predicted molar refractivity (Wildman–Crippen MR) is 102 cm³/mol. The van der Waals surface area contributed by atoms with Crippen molar-refractivity contribution in [3.05, 3.63) is 77.2 Å². The number of hydrogen-bond acceptors (Lipinski definition) is 4. The van der Waals surface area contributed by atoms with E-state index < -0.39 is 0 Å². The molecule has 2 amide bonds. The van der Waals surface area contributed by atoms with Crippen LogP contribution in [0.4, 0.5) is 11.4 Å². The summed E-state index contributed by atoms with van der Waals surface area (Å²) in [6, 6.07) is 14.9. The normalized spacial score (nSPS) is 13.1. The molecule has 0 aliphatic carbocycles. The quantitative estimate of drug-likeness (QED) is 0.769. The van der Waals surface area contributed by atoms with Gasteiger partial charge in [0.15, 0.2) is 0 Å². The van der Waals surface area contributed by atoms with Crippen LogP contribution in [-0.2, 0) is 6.42 Å². The summed E-state index contributed by atoms with van der Waals surface area (Å²) in [5.74, 6) is 0.145. The molecule has 1 aliphatic rings. The summed E-state index contributed by atoms with van der Waals surface area (Å²) in [5.41, 5.74) is 3.62. The van der Waals surface area contributed by atoms with Crippen molar-refractivity contribution >= 4 is 23.2 Å². The Hall–Kier alpha value is -3.41. The second-order valence-corrected chi connectivity index (χ2v) is 6.52. The molecule has 0 atom stereocenters. The Morgan fingerprint density at radius 3 is 2.70 bits per heavy atom. The van der Waals surface area contributed by atoms with E-state index in [1.165, 1.54) is 6.20 Å². The van der Waals surface area contributed by atoms with Gasteiger partial charge in [0.1, 0.15) is 11.3 Å². The highest BCUT2D eigenvalue weighted by Crippen LogP contribution is 2.31. The van der Waals surface area contributed by atoms with Crippen LogP contribution >= 0.6 is 0 Å². The zero-order chi connectivity index (χ0) is 18.8. The SMILES string of the molecule is Cc1oncc1C(=O)Nc1ccc2c(c1)N(C(=O)c1ccccc1)CCC2. The molecule has 3 aromatic rings. The Bertz CT molecular complexity index is 995. The van der Waals surface area contributed by atoms with Gasteiger partial charge in [-0.05, 0) is 49.6 Å². The van der Waals surface area contributed by atoms with Crippen molar-refractivity contribution in [3.63, 3.8) is 0 Å². The molecule has 6 nitrogen and oxygen atoms in total. The topological polar surface area (TPSA) is 75.4 Å². The highest BCUT2D eigenvalue weighted by molar-refractivity contribution is 6.08. The Morgan fingerprint density at radius 1 is 1.15 bits per heavy atom. The molecule has 1 N–H and O–H groups in total. The van der Waals surface area contributed by atoms with Crippen LogP contribution in [0, 0.1) is 6.92 Å². The van der Waals surface area contributed by atoms with Crippen LogP contribution in [0.3, 0.4) is 0 Å². The van der Waals surface area contributed by atoms with Gasteiger partial charge in [0.05, 0.1) is 6.20 Å². The molecule has 0 fully saturated rings. The van der Waals surface area contributed by atoms with E-state index in [9.17, 15) is 9.59 Å². The fourth-order valence-corrected chi connectivity index (χ4v) is 3.31. The lowest BCUT2D eigenvalue weighted by molar-refractivity contribution is 0.0984. The van der Waals surface area contributed by atoms with Crippen molar-refractivity contribution < 1.29 is 14.1 Å². The van der Waals surface area contributed by atoms with Crippen LogP contribution in [0.1, 0.15) is 38.5 Å². The molecule has 1 aliphatic heterocycles. The van der Waals surface area contributed by atoms with Gasteiger partial charge >= 0.3 is 0 Å². The summed E-state index contributed by atoms with van der Waals surface area (Å²) in [6.45, 7) is 2.35. The second-order valence-electron chi connectivity index (χ2n) is 6.52. The largest absolute Gasteiger partial charge is 0.361 e. The summed E-state index contributed by atoms with van der Waals surface area (Å²) in [5, 5.41) is 6.49. The molecule has 0 saturated heterocycles. The summed E-state index contributed by atoms with van der Waals surface area (Å²) in [4.78, 5) is 27.1. The third-order valence-corrected chi connectivity index (χ3v) is 4.72. The van der Waals surface area contributed by atoms with Crippen LogP contribution in [0.25, 0.3) is 0 Å². The van der Waals surface area contributed by atoms with Crippen molar-refractivity contribution in [1.82, 2.24) is 5.16 Å². The second kappa shape index (κ2) is 7.07. The van der Waals surface area contributed by atoms with E-state index in [-0.39, 0.29) is 11.8 Å². The number of carbonyl (C=O) groups is 2. The van der Waals surface area contributed by atoms with E-state index in [2.05, 4.69) is 10.5 Å². The fourth-order valence-electron chi connectivity index (χ4n) is 3.31. The van der Waals surface area contributed by atoms with Crippen LogP contribution < -0.4 is 10.2 Å². The molecule has 136 valence electrons. The Labute approximate surface area is 156 Å². The minimum atomic E-state index is -0.287. The summed E-state index contributed by atoms with van der Waals surface area (Å²) in [7, 11) is 0. The first kappa shape index (κ1) is 17.0. The molecule has 1 aromatic heterocycles. The number of amides is 2. The first-order valence-corrected chi connectivity index (χ1v) is 8.86. The number of fused-ring (bicyclic) bond motifs is 1. The number of carbonyl (C=O) groups excluding carboxylic acids is 2. The van der Waals surface area contributed by atoms with E-state index in [1.54, 1.807) is 11.8 Å². The Balaban J connectivity index is 1.62. The zero-order valence-electron chi connectivity index (χ0n) is 14.9. The maximum atomic E-state index is 12.9. The number of hydrogen-bond donors (Lipinski definition) is 1. The number of nitrogens with one attached hydrogen (secondary N) is 1. The molecular formula is C21H19N3O3. The fraction of sp³-hybridized carbons (Fsp3) is 0.190. The van der Waals surface area contributed by atoms with Gasteiger partial charge < -0.3 is 14.7 Å². The highest BCUT2D eigenvalue weighted by Gasteiger charge is 2.24. The molecule has 6 heteroatoms. The Morgan fingerprint density at radius 2 is 1.96 bits per heavy atom. The first-order valence-electron chi connectivity index (χ1n) is 8.86. The minimum absolute atomic E-state index is 0.0325. The third kappa shape index (κ3) is 3.33. The lowest BCUT2D eigenvalue weighted by Crippen LogP contribution is -2.35. The summed E-state index contributed by atoms with van der Waals surface area (Å²) >= 11 is 0. The molecule has 2 heterocycles. The molecule has 4 rings (SSSR count). The number of nitrogens with zero attached hydrogens (tertiary/aromatic N) is 2. The molecule has 0 saturated carbocycles. The van der Waals surface area contributed by atoms with Gasteiger partial charge in [-0.15, -0.1) is 0 Å². The van der Waals surface area contributed by atoms with E-state index in [0.717, 1.165) is 24.1 Å². The van der Waals surface area contributed by atoms with Gasteiger partial charge in [-0.3, -0.25) is 9.59 Å². The third-order valence-electron chi connectivity index (χ3n) is 4.72. The van der Waals surface area contributed by atoms with E-state index >= 15 is 0 Å². The average Bonchev–Trinajstić information content (AvgIpc) is 3.13. The standard InChI is InChI=1S/C21H19N3O3/c1-14-18(13-22-27-14)20(25)23-17-10-9-15-8-5-11-24(19(15)12-17)21(26)16-6-3-2-4-7-16/h2-4,6-7,9-10,12-13H,5,8,11H2,1H3,(H,23,25). The van der Waals surface area contributed by atoms with Crippen molar-refractivity contribution in [3.8, 4) is 0 Å². The van der Waals surface area contributed by atoms with Gasteiger partial charge in [0.2, 0.25) is 0 Å². The van der Waals surface area contributed by atoms with Gasteiger partial charge in [-0.25, -0.2) is 0 Å². The van der Waals surface area contributed by atoms with Gasteiger partial charge in [0, 0.05) is 23.5 Å². The maximum absolute atomic E-state index is 12.9. The van der Waals surface area contributed by atoms with Gasteiger partial charge in [-0.2, -0.15) is 0 Å². The number of benzene rings is 2. The van der Waals surface area contributed by atoms with Crippen molar-refractivity contribution in [1.29, 1.82) is 0 Å². The molecule has 2 aromatic carbocycles. The van der Waals surface area contributed by atoms with Crippen molar-refractivity contribution in [2.75, 3.05) is 16.8 Å². The molecule has 0 unspecified atom stereocenters. The van der Waals surface area contributed by atoms with Crippen molar-refractivity contribution in [2.45, 2.75) is 19.8 Å². The van der Waals surface area contributed by atoms with E-state index in [1.807, 2.05) is 48.5 Å². The number of aromatic nitrogens is 1. The highest BCUT2D eigenvalue weighted by atomic mass is 16.5. The molecule has 0 bridgehead atoms. The van der Waals surface area contributed by atoms with E-state index in [4.69, 9.17) is 4.52 Å². The van der Waals surface area contributed by atoms with Crippen LogP contribution in [-0.4, -0.2) is 23.5 Å². The van der Waals surface area contributed by atoms with Crippen LogP contribution in [0.5, 0.6) is 0 Å². The monoisotopic (exact) mass is 361 g/mol. The van der Waals surface area contributed by atoms with E-state index in [0.29, 0.717) is 29.1 Å². The van der Waals surface area contributed by atoms with Gasteiger partial charge in [-0.1, -0.05) is 29.4 Å². The molecule has 27 heavy (non-hydrogen) atoms. The van der Waals surface area contributed by atoms with Gasteiger partial charge in [0.25, 0.3) is 11.8 Å². The number of anilines is 2. The van der Waals surface area contributed by atoms with Crippen LogP contribution in [0.15, 0.2) is 59.3 Å². The first-order chi connectivity index (χ1) is 13.1. The smallest absolute Gasteiger partial charge is 0.260 e. The summed E-state index contributed by atoms with van der Waals surface area (Å²) in [6.07, 6.45) is 3.22. The average molecular weight is 361 g/mol. The molecular weight excluding hydrogens is 342 g/mol. The minimum Gasteiger partial charge on any atom is -0.361 e. The number of aryl methyl sites for hydroxylation is 2. The van der Waals surface area contributed by atoms with Crippen LogP contribution in [0.2, 0.25) is 0 Å². The van der Waals surface area contributed by atoms with Crippen molar-refractivity contribution in [2.24, 2.45) is 0 Å². The lowest BCUT2D eigenvalue weighted by Gasteiger charge is -2.30. The number of rotatable bonds is 3.